The summed E-state index contributed by atoms with van der Waals surface area (Å²) in [6.45, 7) is 0. The zero-order valence-corrected chi connectivity index (χ0v) is 8.06. The summed E-state index contributed by atoms with van der Waals surface area (Å²) in [4.78, 5) is 3.83. The molecule has 0 aliphatic heterocycles. The highest BCUT2D eigenvalue weighted by Crippen LogP contribution is 2.17. The Morgan fingerprint density at radius 1 is 1.31 bits per heavy atom. The Morgan fingerprint density at radius 3 is 2.46 bits per heavy atom. The molecule has 1 rings (SSSR count). The molecule has 1 aromatic rings. The fourth-order valence-corrected chi connectivity index (χ4v) is 1.34. The molecule has 2 N–H and O–H groups in total. The lowest BCUT2D eigenvalue weighted by Gasteiger charge is -2.16. The maximum Gasteiger partial charge on any atom is 0.105 e. The number of hydrogen-bond donors (Lipinski definition) is 3. The van der Waals surface area contributed by atoms with E-state index in [1.807, 2.05) is 0 Å². The van der Waals surface area contributed by atoms with Crippen LogP contribution in [0.3, 0.4) is 0 Å². The average Bonchev–Trinajstić information content (AvgIpc) is 2.18. The summed E-state index contributed by atoms with van der Waals surface area (Å²) in [7, 11) is 0. The molecule has 0 amide bonds. The Morgan fingerprint density at radius 2 is 1.92 bits per heavy atom. The van der Waals surface area contributed by atoms with E-state index in [-0.39, 0.29) is 0 Å². The van der Waals surface area contributed by atoms with Gasteiger partial charge in [0.1, 0.15) is 6.10 Å². The second-order valence-corrected chi connectivity index (χ2v) is 3.25. The number of thiol groups is 1. The van der Waals surface area contributed by atoms with Crippen LogP contribution in [0.25, 0.3) is 0 Å². The first kappa shape index (κ1) is 10.5. The van der Waals surface area contributed by atoms with Crippen molar-refractivity contribution in [2.75, 3.05) is 5.75 Å². The number of rotatable bonds is 4. The molecule has 2 atom stereocenters. The minimum absolute atomic E-state index is 0.479. The SMILES string of the molecule is OC(CCS)C(O)c1ccncc1. The van der Waals surface area contributed by atoms with E-state index < -0.39 is 12.2 Å². The number of nitrogens with zero attached hydrogens (tertiary/aromatic N) is 1. The van der Waals surface area contributed by atoms with E-state index in [4.69, 9.17) is 0 Å². The van der Waals surface area contributed by atoms with E-state index in [9.17, 15) is 10.2 Å². The van der Waals surface area contributed by atoms with Crippen molar-refractivity contribution in [2.24, 2.45) is 0 Å². The lowest BCUT2D eigenvalue weighted by Crippen LogP contribution is -2.18. The quantitative estimate of drug-likeness (QED) is 0.629. The Labute approximate surface area is 82.9 Å². The van der Waals surface area contributed by atoms with E-state index in [0.717, 1.165) is 0 Å². The zero-order chi connectivity index (χ0) is 9.68. The van der Waals surface area contributed by atoms with Crippen molar-refractivity contribution in [1.29, 1.82) is 0 Å². The van der Waals surface area contributed by atoms with Crippen LogP contribution in [0, 0.1) is 0 Å². The van der Waals surface area contributed by atoms with Gasteiger partial charge < -0.3 is 10.2 Å². The number of pyridine rings is 1. The standard InChI is InChI=1S/C9H13NO2S/c11-8(3-6-13)9(12)7-1-4-10-5-2-7/h1-2,4-5,8-9,11-13H,3,6H2. The van der Waals surface area contributed by atoms with Crippen LogP contribution in [0.15, 0.2) is 24.5 Å². The number of aromatic nitrogens is 1. The molecule has 72 valence electrons. The highest BCUT2D eigenvalue weighted by Gasteiger charge is 2.16. The molecule has 0 spiro atoms. The summed E-state index contributed by atoms with van der Waals surface area (Å²) in [5.41, 5.74) is 0.685. The molecule has 1 aromatic heterocycles. The van der Waals surface area contributed by atoms with Crippen LogP contribution in [0.1, 0.15) is 18.1 Å². The lowest BCUT2D eigenvalue weighted by atomic mass is 10.0. The third kappa shape index (κ3) is 2.99. The molecule has 0 aliphatic carbocycles. The largest absolute Gasteiger partial charge is 0.390 e. The van der Waals surface area contributed by atoms with Crippen LogP contribution in [0.4, 0.5) is 0 Å². The topological polar surface area (TPSA) is 53.4 Å². The van der Waals surface area contributed by atoms with Gasteiger partial charge in [-0.25, -0.2) is 0 Å². The Hall–Kier alpha value is -0.580. The monoisotopic (exact) mass is 199 g/mol. The Kier molecular flexibility index (Phi) is 4.21. The number of aliphatic hydroxyl groups is 2. The third-order valence-corrected chi connectivity index (χ3v) is 2.10. The maximum absolute atomic E-state index is 9.61. The minimum atomic E-state index is -0.838. The predicted molar refractivity (Wildman–Crippen MR) is 53.7 cm³/mol. The van der Waals surface area contributed by atoms with Crippen molar-refractivity contribution < 1.29 is 10.2 Å². The summed E-state index contributed by atoms with van der Waals surface area (Å²) >= 11 is 3.98. The van der Waals surface area contributed by atoms with Crippen molar-refractivity contribution in [3.8, 4) is 0 Å². The molecule has 0 aromatic carbocycles. The van der Waals surface area contributed by atoms with E-state index in [1.54, 1.807) is 24.5 Å². The zero-order valence-electron chi connectivity index (χ0n) is 7.17. The van der Waals surface area contributed by atoms with Gasteiger partial charge in [-0.1, -0.05) is 0 Å². The van der Waals surface area contributed by atoms with Gasteiger partial charge in [0.05, 0.1) is 6.10 Å². The van der Waals surface area contributed by atoms with Crippen LogP contribution in [-0.4, -0.2) is 27.1 Å². The second-order valence-electron chi connectivity index (χ2n) is 2.81. The first-order chi connectivity index (χ1) is 6.25. The average molecular weight is 199 g/mol. The summed E-state index contributed by atoms with van der Waals surface area (Å²) < 4.78 is 0. The Balaban J connectivity index is 2.62. The van der Waals surface area contributed by atoms with Gasteiger partial charge in [-0.15, -0.1) is 0 Å². The van der Waals surface area contributed by atoms with Crippen LogP contribution in [-0.2, 0) is 0 Å². The van der Waals surface area contributed by atoms with Gasteiger partial charge >= 0.3 is 0 Å². The third-order valence-electron chi connectivity index (χ3n) is 1.84. The summed E-state index contributed by atoms with van der Waals surface area (Å²) in [5, 5.41) is 19.1. The summed E-state index contributed by atoms with van der Waals surface area (Å²) in [6, 6.07) is 3.37. The molecule has 0 saturated heterocycles. The smallest absolute Gasteiger partial charge is 0.105 e. The van der Waals surface area contributed by atoms with Crippen molar-refractivity contribution in [3.05, 3.63) is 30.1 Å². The molecule has 0 aliphatic rings. The normalized spacial score (nSPS) is 15.3. The fraction of sp³-hybridized carbons (Fsp3) is 0.444. The molecule has 0 bridgehead atoms. The van der Waals surface area contributed by atoms with Crippen molar-refractivity contribution >= 4 is 12.6 Å². The molecule has 0 radical (unpaired) electrons. The highest BCUT2D eigenvalue weighted by molar-refractivity contribution is 7.80. The first-order valence-corrected chi connectivity index (χ1v) is 4.76. The van der Waals surface area contributed by atoms with Crippen molar-refractivity contribution in [1.82, 2.24) is 4.98 Å². The van der Waals surface area contributed by atoms with E-state index in [2.05, 4.69) is 17.6 Å². The van der Waals surface area contributed by atoms with E-state index in [0.29, 0.717) is 17.7 Å². The number of hydrogen-bond acceptors (Lipinski definition) is 4. The van der Waals surface area contributed by atoms with E-state index in [1.165, 1.54) is 0 Å². The molecule has 13 heavy (non-hydrogen) atoms. The van der Waals surface area contributed by atoms with Crippen molar-refractivity contribution in [2.45, 2.75) is 18.6 Å². The lowest BCUT2D eigenvalue weighted by molar-refractivity contribution is 0.0172. The molecule has 2 unspecified atom stereocenters. The summed E-state index contributed by atoms with van der Waals surface area (Å²) in [6.07, 6.45) is 2.07. The van der Waals surface area contributed by atoms with Gasteiger partial charge in [0.2, 0.25) is 0 Å². The molecule has 0 saturated carbocycles. The highest BCUT2D eigenvalue weighted by atomic mass is 32.1. The number of aliphatic hydroxyl groups excluding tert-OH is 2. The van der Waals surface area contributed by atoms with Crippen LogP contribution < -0.4 is 0 Å². The van der Waals surface area contributed by atoms with Crippen LogP contribution in [0.5, 0.6) is 0 Å². The van der Waals surface area contributed by atoms with Crippen LogP contribution in [0.2, 0.25) is 0 Å². The minimum Gasteiger partial charge on any atom is -0.390 e. The molecule has 4 heteroatoms. The molecule has 1 heterocycles. The fourth-order valence-electron chi connectivity index (χ4n) is 1.07. The molecular weight excluding hydrogens is 186 g/mol. The van der Waals surface area contributed by atoms with Gasteiger partial charge in [-0.2, -0.15) is 12.6 Å². The van der Waals surface area contributed by atoms with Gasteiger partial charge in [-0.05, 0) is 29.9 Å². The summed E-state index contributed by atoms with van der Waals surface area (Å²) in [5.74, 6) is 0.559. The predicted octanol–water partition coefficient (Wildman–Crippen LogP) is 0.796. The van der Waals surface area contributed by atoms with Gasteiger partial charge in [0, 0.05) is 12.4 Å². The molecule has 0 fully saturated rings. The first-order valence-electron chi connectivity index (χ1n) is 4.12. The molecule has 3 nitrogen and oxygen atoms in total. The van der Waals surface area contributed by atoms with Crippen LogP contribution >= 0.6 is 12.6 Å². The van der Waals surface area contributed by atoms with Gasteiger partial charge in [0.25, 0.3) is 0 Å². The van der Waals surface area contributed by atoms with E-state index >= 15 is 0 Å². The van der Waals surface area contributed by atoms with Crippen molar-refractivity contribution in [3.63, 3.8) is 0 Å². The van der Waals surface area contributed by atoms with Gasteiger partial charge in [-0.3, -0.25) is 4.98 Å². The van der Waals surface area contributed by atoms with Gasteiger partial charge in [0.15, 0.2) is 0 Å². The molecular formula is C9H13NO2S. The Bertz CT molecular complexity index is 243. The second kappa shape index (κ2) is 5.21. The maximum atomic E-state index is 9.61.